The molecule has 0 aliphatic carbocycles. The Labute approximate surface area is 193 Å². The van der Waals surface area contributed by atoms with Crippen LogP contribution in [0.1, 0.15) is 18.1 Å². The Bertz CT molecular complexity index is 1210. The van der Waals surface area contributed by atoms with Gasteiger partial charge < -0.3 is 20.5 Å². The van der Waals surface area contributed by atoms with Crippen molar-refractivity contribution in [3.8, 4) is 11.4 Å². The topological polar surface area (TPSA) is 129 Å². The molecule has 4 rings (SSSR count). The molecule has 3 N–H and O–H groups in total. The molecule has 32 heavy (non-hydrogen) atoms. The number of anilines is 1. The largest absolute Gasteiger partial charge is 0.456 e. The molecule has 1 amide bonds. The number of rotatable bonds is 7. The van der Waals surface area contributed by atoms with E-state index in [1.807, 2.05) is 24.3 Å². The highest BCUT2D eigenvalue weighted by Gasteiger charge is 2.21. The molecule has 1 aliphatic rings. The number of esters is 1. The van der Waals surface area contributed by atoms with Crippen LogP contribution in [0.25, 0.3) is 22.2 Å². The van der Waals surface area contributed by atoms with Crippen molar-refractivity contribution in [3.05, 3.63) is 40.4 Å². The van der Waals surface area contributed by atoms with Crippen LogP contribution in [0.15, 0.2) is 29.4 Å². The third-order valence-corrected chi connectivity index (χ3v) is 5.86. The predicted molar refractivity (Wildman–Crippen MR) is 121 cm³/mol. The second kappa shape index (κ2) is 9.68. The van der Waals surface area contributed by atoms with Crippen LogP contribution >= 0.6 is 23.4 Å². The zero-order chi connectivity index (χ0) is 22.7. The molecule has 9 nitrogen and oxygen atoms in total. The number of aromatic nitrogens is 3. The number of thioether (sulfide) groups is 1. The summed E-state index contributed by atoms with van der Waals surface area (Å²) in [5.41, 5.74) is 8.76. The minimum Gasteiger partial charge on any atom is -0.456 e. The van der Waals surface area contributed by atoms with E-state index in [4.69, 9.17) is 22.1 Å². The van der Waals surface area contributed by atoms with Crippen LogP contribution in [0.4, 0.5) is 5.95 Å². The van der Waals surface area contributed by atoms with Crippen LogP contribution in [-0.2, 0) is 32.3 Å². The van der Waals surface area contributed by atoms with Crippen LogP contribution in [0.5, 0.6) is 0 Å². The lowest BCUT2D eigenvalue weighted by Crippen LogP contribution is -2.30. The molecular formula is C21H20ClN5O4S. The monoisotopic (exact) mass is 473 g/mol. The highest BCUT2D eigenvalue weighted by molar-refractivity contribution is 7.99. The molecule has 11 heteroatoms. The molecule has 1 aromatic heterocycles. The number of hydrogen-bond acceptors (Lipinski definition) is 9. The molecule has 1 aliphatic heterocycles. The number of benzene rings is 2. The van der Waals surface area contributed by atoms with Crippen molar-refractivity contribution in [2.75, 3.05) is 24.6 Å². The molecule has 166 valence electrons. The van der Waals surface area contributed by atoms with Crippen LogP contribution in [0, 0.1) is 0 Å². The van der Waals surface area contributed by atoms with Crippen molar-refractivity contribution in [1.82, 2.24) is 20.3 Å². The van der Waals surface area contributed by atoms with Gasteiger partial charge >= 0.3 is 5.97 Å². The van der Waals surface area contributed by atoms with Gasteiger partial charge in [0.2, 0.25) is 5.95 Å². The maximum atomic E-state index is 11.6. The van der Waals surface area contributed by atoms with Gasteiger partial charge in [0, 0.05) is 24.8 Å². The molecule has 0 bridgehead atoms. The van der Waals surface area contributed by atoms with Gasteiger partial charge in [-0.2, -0.15) is 9.97 Å². The third-order valence-electron chi connectivity index (χ3n) is 4.71. The van der Waals surface area contributed by atoms with E-state index in [9.17, 15) is 9.59 Å². The normalized spacial score (nSPS) is 12.6. The fourth-order valence-corrected chi connectivity index (χ4v) is 4.46. The molecule has 2 aromatic carbocycles. The van der Waals surface area contributed by atoms with Crippen molar-refractivity contribution < 1.29 is 19.1 Å². The highest BCUT2D eigenvalue weighted by atomic mass is 35.5. The maximum absolute atomic E-state index is 11.6. The van der Waals surface area contributed by atoms with Crippen molar-refractivity contribution in [1.29, 1.82) is 0 Å². The number of nitrogens with one attached hydrogen (secondary N) is 1. The second-order valence-electron chi connectivity index (χ2n) is 7.00. The molecule has 0 saturated heterocycles. The van der Waals surface area contributed by atoms with Gasteiger partial charge in [0.05, 0.1) is 18.2 Å². The Morgan fingerprint density at radius 2 is 2.06 bits per heavy atom. The van der Waals surface area contributed by atoms with Crippen LogP contribution < -0.4 is 11.1 Å². The summed E-state index contributed by atoms with van der Waals surface area (Å²) in [5.74, 6) is 0.0722. The van der Waals surface area contributed by atoms with Gasteiger partial charge in [0.25, 0.3) is 5.91 Å². The van der Waals surface area contributed by atoms with E-state index >= 15 is 0 Å². The first-order chi connectivity index (χ1) is 15.4. The smallest absolute Gasteiger partial charge is 0.303 e. The Morgan fingerprint density at radius 3 is 2.88 bits per heavy atom. The number of amides is 1. The van der Waals surface area contributed by atoms with E-state index in [-0.39, 0.29) is 18.5 Å². The van der Waals surface area contributed by atoms with Gasteiger partial charge in [-0.05, 0) is 28.0 Å². The minimum atomic E-state index is -0.507. The summed E-state index contributed by atoms with van der Waals surface area (Å²) in [4.78, 5) is 35.4. The van der Waals surface area contributed by atoms with Gasteiger partial charge in [-0.1, -0.05) is 41.6 Å². The number of carbonyl (C=O) groups excluding carboxylic acids is 2. The highest BCUT2D eigenvalue weighted by Crippen LogP contribution is 2.39. The fraction of sp³-hybridized carbons (Fsp3) is 0.286. The Morgan fingerprint density at radius 1 is 1.25 bits per heavy atom. The lowest BCUT2D eigenvalue weighted by atomic mass is 9.94. The number of nitrogen functional groups attached to an aromatic ring is 1. The van der Waals surface area contributed by atoms with Gasteiger partial charge in [0.15, 0.2) is 17.6 Å². The SMILES string of the molecule is CC(=O)OCC(=O)NCCSc1nc(N)nc(-c2c(Cl)cc3c4c(cccc24)COC3)n1. The summed E-state index contributed by atoms with van der Waals surface area (Å²) in [6.07, 6.45) is 0. The summed E-state index contributed by atoms with van der Waals surface area (Å²) in [6, 6.07) is 7.85. The summed E-state index contributed by atoms with van der Waals surface area (Å²) >= 11 is 7.94. The third kappa shape index (κ3) is 4.93. The molecule has 0 unspecified atom stereocenters. The van der Waals surface area contributed by atoms with Crippen molar-refractivity contribution >= 4 is 52.0 Å². The van der Waals surface area contributed by atoms with E-state index in [1.54, 1.807) is 0 Å². The van der Waals surface area contributed by atoms with E-state index in [1.165, 1.54) is 18.7 Å². The average Bonchev–Trinajstić information content (AvgIpc) is 2.75. The maximum Gasteiger partial charge on any atom is 0.303 e. The van der Waals surface area contributed by atoms with Crippen molar-refractivity contribution in [2.24, 2.45) is 0 Å². The first kappa shape index (κ1) is 22.3. The Balaban J connectivity index is 1.55. The number of nitrogens with zero attached hydrogens (tertiary/aromatic N) is 3. The second-order valence-corrected chi connectivity index (χ2v) is 8.47. The Hall–Kier alpha value is -2.95. The lowest BCUT2D eigenvalue weighted by molar-refractivity contribution is -0.146. The summed E-state index contributed by atoms with van der Waals surface area (Å²) in [6.45, 7) is 2.31. The van der Waals surface area contributed by atoms with Gasteiger partial charge in [-0.3, -0.25) is 9.59 Å². The lowest BCUT2D eigenvalue weighted by Gasteiger charge is -2.20. The molecule has 0 spiro atoms. The molecule has 0 fully saturated rings. The quantitative estimate of drug-likeness (QED) is 0.302. The standard InChI is InChI=1S/C21H20ClN5O4S/c1-11(28)31-10-16(29)24-5-6-32-21-26-19(25-20(23)27-21)18-14-4-2-3-12-8-30-9-13(17(12)14)7-15(18)22/h2-4,7H,5-6,8-10H2,1H3,(H,24,29)(H2,23,25,26,27). The van der Waals surface area contributed by atoms with Crippen LogP contribution in [-0.4, -0.2) is 45.7 Å². The van der Waals surface area contributed by atoms with E-state index < -0.39 is 5.97 Å². The predicted octanol–water partition coefficient (Wildman–Crippen LogP) is 2.73. The van der Waals surface area contributed by atoms with Crippen molar-refractivity contribution in [2.45, 2.75) is 25.3 Å². The summed E-state index contributed by atoms with van der Waals surface area (Å²) < 4.78 is 10.3. The molecule has 0 saturated carbocycles. The number of halogens is 1. The van der Waals surface area contributed by atoms with E-state index in [0.717, 1.165) is 21.9 Å². The summed E-state index contributed by atoms with van der Waals surface area (Å²) in [7, 11) is 0. The minimum absolute atomic E-state index is 0.0799. The number of carbonyl (C=O) groups is 2. The zero-order valence-corrected chi connectivity index (χ0v) is 18.8. The molecule has 2 heterocycles. The van der Waals surface area contributed by atoms with Gasteiger partial charge in [0.1, 0.15) is 0 Å². The first-order valence-electron chi connectivity index (χ1n) is 9.78. The van der Waals surface area contributed by atoms with E-state index in [0.29, 0.717) is 47.1 Å². The van der Waals surface area contributed by atoms with Crippen LogP contribution in [0.3, 0.4) is 0 Å². The zero-order valence-electron chi connectivity index (χ0n) is 17.2. The van der Waals surface area contributed by atoms with Crippen LogP contribution in [0.2, 0.25) is 5.02 Å². The van der Waals surface area contributed by atoms with Gasteiger partial charge in [-0.25, -0.2) is 4.98 Å². The average molecular weight is 474 g/mol. The Kier molecular flexibility index (Phi) is 6.73. The first-order valence-corrected chi connectivity index (χ1v) is 11.1. The molecule has 3 aromatic rings. The number of nitrogens with two attached hydrogens (primary N) is 1. The van der Waals surface area contributed by atoms with E-state index in [2.05, 4.69) is 25.0 Å². The van der Waals surface area contributed by atoms with Crippen molar-refractivity contribution in [3.63, 3.8) is 0 Å². The molecular weight excluding hydrogens is 454 g/mol. The van der Waals surface area contributed by atoms with Gasteiger partial charge in [-0.15, -0.1) is 0 Å². The number of hydrogen-bond donors (Lipinski definition) is 2. The summed E-state index contributed by atoms with van der Waals surface area (Å²) in [5, 5.41) is 5.62. The molecule has 0 radical (unpaired) electrons. The molecule has 0 atom stereocenters. The fourth-order valence-electron chi connectivity index (χ4n) is 3.45. The number of ether oxygens (including phenoxy) is 2.